The van der Waals surface area contributed by atoms with Crippen LogP contribution in [0.5, 0.6) is 0 Å². The number of hydrogen-bond donors (Lipinski definition) is 3. The van der Waals surface area contributed by atoms with Gasteiger partial charge in [0.15, 0.2) is 0 Å². The monoisotopic (exact) mass is 287 g/mol. The molecule has 0 spiro atoms. The Kier molecular flexibility index (Phi) is 3.92. The Morgan fingerprint density at radius 2 is 1.95 bits per heavy atom. The molecule has 1 aliphatic heterocycles. The quantitative estimate of drug-likeness (QED) is 0.786. The van der Waals surface area contributed by atoms with Crippen molar-refractivity contribution in [2.24, 2.45) is 11.8 Å². The van der Waals surface area contributed by atoms with Crippen LogP contribution in [-0.4, -0.2) is 31.4 Å². The predicted octanol–water partition coefficient (Wildman–Crippen LogP) is 1.37. The van der Waals surface area contributed by atoms with Crippen LogP contribution < -0.4 is 16.0 Å². The minimum Gasteiger partial charge on any atom is -0.355 e. The molecule has 2 fully saturated rings. The lowest BCUT2D eigenvalue weighted by atomic mass is 9.93. The van der Waals surface area contributed by atoms with Crippen LogP contribution in [0.4, 0.5) is 5.69 Å². The number of amides is 2. The van der Waals surface area contributed by atoms with Gasteiger partial charge in [0.05, 0.1) is 6.04 Å². The standard InChI is InChI=1S/C16H21N3O2/c1-17-15(20)10-5-7-12(8-6-10)19-16(21)14-13-4-2-3-11(13)9-18-14/h5-8,11,13-14,18H,2-4,9H2,1H3,(H,17,20)(H,19,21). The molecular formula is C16H21N3O2. The highest BCUT2D eigenvalue weighted by molar-refractivity contribution is 5.97. The van der Waals surface area contributed by atoms with Gasteiger partial charge < -0.3 is 16.0 Å². The van der Waals surface area contributed by atoms with Crippen LogP contribution in [0.25, 0.3) is 0 Å². The van der Waals surface area contributed by atoms with E-state index in [0.29, 0.717) is 17.4 Å². The normalized spacial score (nSPS) is 27.2. The number of benzene rings is 1. The molecule has 0 radical (unpaired) electrons. The molecule has 2 amide bonds. The van der Waals surface area contributed by atoms with Crippen molar-refractivity contribution in [3.8, 4) is 0 Å². The maximum atomic E-state index is 12.4. The third-order valence-corrected chi connectivity index (χ3v) is 4.67. The predicted molar refractivity (Wildman–Crippen MR) is 81.1 cm³/mol. The van der Waals surface area contributed by atoms with Crippen LogP contribution in [0.1, 0.15) is 29.6 Å². The molecule has 21 heavy (non-hydrogen) atoms. The molecule has 3 N–H and O–H groups in total. The van der Waals surface area contributed by atoms with Gasteiger partial charge in [-0.2, -0.15) is 0 Å². The zero-order valence-electron chi connectivity index (χ0n) is 12.2. The molecule has 1 saturated heterocycles. The van der Waals surface area contributed by atoms with E-state index in [2.05, 4.69) is 16.0 Å². The van der Waals surface area contributed by atoms with Crippen molar-refractivity contribution < 1.29 is 9.59 Å². The molecule has 1 aromatic rings. The fraction of sp³-hybridized carbons (Fsp3) is 0.500. The summed E-state index contributed by atoms with van der Waals surface area (Å²) < 4.78 is 0. The Balaban J connectivity index is 1.63. The lowest BCUT2D eigenvalue weighted by Gasteiger charge is -2.17. The minimum atomic E-state index is -0.126. The van der Waals surface area contributed by atoms with Crippen molar-refractivity contribution >= 4 is 17.5 Å². The first kappa shape index (κ1) is 14.1. The number of carbonyl (C=O) groups is 2. The summed E-state index contributed by atoms with van der Waals surface area (Å²) in [6.45, 7) is 0.957. The summed E-state index contributed by atoms with van der Waals surface area (Å²) in [6, 6.07) is 6.90. The van der Waals surface area contributed by atoms with E-state index in [1.807, 2.05) is 0 Å². The molecule has 1 saturated carbocycles. The van der Waals surface area contributed by atoms with Crippen LogP contribution in [0.15, 0.2) is 24.3 Å². The second-order valence-electron chi connectivity index (χ2n) is 5.89. The molecule has 3 unspecified atom stereocenters. The van der Waals surface area contributed by atoms with E-state index in [1.54, 1.807) is 31.3 Å². The molecule has 5 heteroatoms. The van der Waals surface area contributed by atoms with E-state index in [1.165, 1.54) is 12.8 Å². The second-order valence-corrected chi connectivity index (χ2v) is 5.89. The SMILES string of the molecule is CNC(=O)c1ccc(NC(=O)C2NCC3CCCC32)cc1. The highest BCUT2D eigenvalue weighted by Gasteiger charge is 2.42. The zero-order chi connectivity index (χ0) is 14.8. The topological polar surface area (TPSA) is 70.2 Å². The summed E-state index contributed by atoms with van der Waals surface area (Å²) in [4.78, 5) is 23.9. The lowest BCUT2D eigenvalue weighted by molar-refractivity contribution is -0.118. The van der Waals surface area contributed by atoms with Gasteiger partial charge in [-0.3, -0.25) is 9.59 Å². The minimum absolute atomic E-state index is 0.0390. The van der Waals surface area contributed by atoms with Crippen molar-refractivity contribution in [2.45, 2.75) is 25.3 Å². The molecule has 112 valence electrons. The molecule has 1 heterocycles. The summed E-state index contributed by atoms with van der Waals surface area (Å²) in [5.74, 6) is 1.06. The Morgan fingerprint density at radius 1 is 1.19 bits per heavy atom. The number of hydrogen-bond acceptors (Lipinski definition) is 3. The van der Waals surface area contributed by atoms with Gasteiger partial charge in [0.1, 0.15) is 0 Å². The maximum absolute atomic E-state index is 12.4. The number of fused-ring (bicyclic) bond motifs is 1. The van der Waals surface area contributed by atoms with Gasteiger partial charge in [-0.1, -0.05) is 6.42 Å². The van der Waals surface area contributed by atoms with Gasteiger partial charge in [-0.15, -0.1) is 0 Å². The first-order valence-electron chi connectivity index (χ1n) is 7.55. The number of carbonyl (C=O) groups excluding carboxylic acids is 2. The Morgan fingerprint density at radius 3 is 2.67 bits per heavy atom. The van der Waals surface area contributed by atoms with E-state index >= 15 is 0 Å². The van der Waals surface area contributed by atoms with Gasteiger partial charge in [0, 0.05) is 18.3 Å². The van der Waals surface area contributed by atoms with Crippen molar-refractivity contribution in [1.82, 2.24) is 10.6 Å². The van der Waals surface area contributed by atoms with Gasteiger partial charge in [-0.25, -0.2) is 0 Å². The van der Waals surface area contributed by atoms with Gasteiger partial charge in [-0.05, 0) is 55.5 Å². The Labute approximate surface area is 124 Å². The van der Waals surface area contributed by atoms with Crippen LogP contribution in [0.2, 0.25) is 0 Å². The van der Waals surface area contributed by atoms with Crippen molar-refractivity contribution in [2.75, 3.05) is 18.9 Å². The summed E-state index contributed by atoms with van der Waals surface area (Å²) in [7, 11) is 1.60. The van der Waals surface area contributed by atoms with E-state index in [0.717, 1.165) is 18.7 Å². The average Bonchev–Trinajstić information content (AvgIpc) is 3.09. The number of nitrogens with one attached hydrogen (secondary N) is 3. The molecule has 1 aliphatic carbocycles. The van der Waals surface area contributed by atoms with Crippen LogP contribution in [-0.2, 0) is 4.79 Å². The zero-order valence-corrected chi connectivity index (χ0v) is 12.2. The van der Waals surface area contributed by atoms with Crippen molar-refractivity contribution in [3.63, 3.8) is 0 Å². The molecule has 5 nitrogen and oxygen atoms in total. The molecule has 2 aliphatic rings. The second kappa shape index (κ2) is 5.85. The van der Waals surface area contributed by atoms with Gasteiger partial charge >= 0.3 is 0 Å². The summed E-state index contributed by atoms with van der Waals surface area (Å²) >= 11 is 0. The first-order valence-corrected chi connectivity index (χ1v) is 7.55. The van der Waals surface area contributed by atoms with E-state index in [-0.39, 0.29) is 17.9 Å². The van der Waals surface area contributed by atoms with E-state index in [9.17, 15) is 9.59 Å². The molecule has 3 rings (SSSR count). The van der Waals surface area contributed by atoms with Crippen LogP contribution in [0.3, 0.4) is 0 Å². The third-order valence-electron chi connectivity index (χ3n) is 4.67. The molecule has 0 bridgehead atoms. The molecule has 1 aromatic carbocycles. The highest BCUT2D eigenvalue weighted by atomic mass is 16.2. The molecule has 0 aromatic heterocycles. The average molecular weight is 287 g/mol. The van der Waals surface area contributed by atoms with Crippen molar-refractivity contribution in [1.29, 1.82) is 0 Å². The smallest absolute Gasteiger partial charge is 0.251 e. The summed E-state index contributed by atoms with van der Waals surface area (Å²) in [5, 5.41) is 8.86. The van der Waals surface area contributed by atoms with Gasteiger partial charge in [0.25, 0.3) is 5.91 Å². The Bertz CT molecular complexity index is 541. The largest absolute Gasteiger partial charge is 0.355 e. The van der Waals surface area contributed by atoms with Crippen LogP contribution >= 0.6 is 0 Å². The maximum Gasteiger partial charge on any atom is 0.251 e. The van der Waals surface area contributed by atoms with E-state index < -0.39 is 0 Å². The molecular weight excluding hydrogens is 266 g/mol. The number of anilines is 1. The summed E-state index contributed by atoms with van der Waals surface area (Å²) in [5.41, 5.74) is 1.32. The summed E-state index contributed by atoms with van der Waals surface area (Å²) in [6.07, 6.45) is 3.62. The number of rotatable bonds is 3. The van der Waals surface area contributed by atoms with Gasteiger partial charge in [0.2, 0.25) is 5.91 Å². The highest BCUT2D eigenvalue weighted by Crippen LogP contribution is 2.37. The lowest BCUT2D eigenvalue weighted by Crippen LogP contribution is -2.39. The Hall–Kier alpha value is -1.88. The molecule has 3 atom stereocenters. The van der Waals surface area contributed by atoms with Crippen molar-refractivity contribution in [3.05, 3.63) is 29.8 Å². The van der Waals surface area contributed by atoms with E-state index in [4.69, 9.17) is 0 Å². The fourth-order valence-corrected chi connectivity index (χ4v) is 3.54. The van der Waals surface area contributed by atoms with Crippen LogP contribution in [0, 0.1) is 11.8 Å². The third kappa shape index (κ3) is 2.78. The first-order chi connectivity index (χ1) is 10.2. The fourth-order valence-electron chi connectivity index (χ4n) is 3.54.